The minimum Gasteiger partial charge on any atom is -0.313 e. The summed E-state index contributed by atoms with van der Waals surface area (Å²) in [5, 5.41) is 15.5. The fourth-order valence-electron chi connectivity index (χ4n) is 5.01. The first-order valence-corrected chi connectivity index (χ1v) is 7.26. The molecular formula is C13H21N5. The van der Waals surface area contributed by atoms with Crippen molar-refractivity contribution in [2.75, 3.05) is 7.05 Å². The summed E-state index contributed by atoms with van der Waals surface area (Å²) in [6.07, 6.45) is 7.15. The molecule has 4 aliphatic rings. The minimum absolute atomic E-state index is 0.580. The monoisotopic (exact) mass is 247 g/mol. The third-order valence-corrected chi connectivity index (χ3v) is 5.36. The number of rotatable bonds is 3. The average Bonchev–Trinajstić information content (AvgIpc) is 2.76. The fraction of sp³-hybridized carbons (Fsp3) is 0.923. The largest absolute Gasteiger partial charge is 0.313 e. The van der Waals surface area contributed by atoms with Gasteiger partial charge < -0.3 is 5.32 Å². The van der Waals surface area contributed by atoms with Gasteiger partial charge in [0, 0.05) is 0 Å². The van der Waals surface area contributed by atoms with Crippen LogP contribution in [0.3, 0.4) is 0 Å². The van der Waals surface area contributed by atoms with Gasteiger partial charge in [0.1, 0.15) is 0 Å². The molecule has 4 fully saturated rings. The third kappa shape index (κ3) is 1.53. The molecule has 4 bridgehead atoms. The second kappa shape index (κ2) is 4.02. The van der Waals surface area contributed by atoms with Gasteiger partial charge in [-0.15, -0.1) is 5.10 Å². The predicted molar refractivity (Wildman–Crippen MR) is 66.7 cm³/mol. The molecule has 4 aliphatic carbocycles. The first kappa shape index (κ1) is 10.9. The van der Waals surface area contributed by atoms with Crippen molar-refractivity contribution >= 4 is 0 Å². The van der Waals surface area contributed by atoms with Crippen LogP contribution < -0.4 is 5.32 Å². The van der Waals surface area contributed by atoms with Crippen molar-refractivity contribution in [2.24, 2.45) is 23.7 Å². The van der Waals surface area contributed by atoms with Gasteiger partial charge in [-0.05, 0) is 73.3 Å². The SMILES string of the molecule is CNCc1nnnn1C1C2CC3CC(C2)CC1C3. The molecule has 0 atom stereocenters. The number of hydrogen-bond donors (Lipinski definition) is 1. The smallest absolute Gasteiger partial charge is 0.165 e. The molecule has 4 saturated carbocycles. The Balaban J connectivity index is 1.66. The molecule has 0 aliphatic heterocycles. The van der Waals surface area contributed by atoms with Crippen LogP contribution >= 0.6 is 0 Å². The van der Waals surface area contributed by atoms with Gasteiger partial charge in [-0.3, -0.25) is 0 Å². The van der Waals surface area contributed by atoms with E-state index in [-0.39, 0.29) is 0 Å². The molecule has 1 aromatic heterocycles. The zero-order valence-electron chi connectivity index (χ0n) is 10.9. The molecule has 5 nitrogen and oxygen atoms in total. The van der Waals surface area contributed by atoms with Gasteiger partial charge in [0.05, 0.1) is 12.6 Å². The van der Waals surface area contributed by atoms with Gasteiger partial charge in [0.2, 0.25) is 0 Å². The molecule has 0 unspecified atom stereocenters. The Morgan fingerprint density at radius 3 is 2.39 bits per heavy atom. The van der Waals surface area contributed by atoms with Crippen molar-refractivity contribution in [1.82, 2.24) is 25.5 Å². The summed E-state index contributed by atoms with van der Waals surface area (Å²) in [5.74, 6) is 4.69. The van der Waals surface area contributed by atoms with Crippen molar-refractivity contribution in [3.8, 4) is 0 Å². The van der Waals surface area contributed by atoms with Crippen molar-refractivity contribution < 1.29 is 0 Å². The summed E-state index contributed by atoms with van der Waals surface area (Å²) in [6.45, 7) is 0.774. The molecule has 0 spiro atoms. The zero-order valence-corrected chi connectivity index (χ0v) is 10.9. The lowest BCUT2D eigenvalue weighted by molar-refractivity contribution is -0.0354. The number of nitrogens with one attached hydrogen (secondary N) is 1. The topological polar surface area (TPSA) is 55.6 Å². The van der Waals surface area contributed by atoms with Gasteiger partial charge in [0.15, 0.2) is 5.82 Å². The van der Waals surface area contributed by atoms with Gasteiger partial charge >= 0.3 is 0 Å². The Labute approximate surface area is 107 Å². The van der Waals surface area contributed by atoms with Crippen LogP contribution in [0.15, 0.2) is 0 Å². The van der Waals surface area contributed by atoms with Crippen molar-refractivity contribution in [3.63, 3.8) is 0 Å². The summed E-state index contributed by atoms with van der Waals surface area (Å²) >= 11 is 0. The summed E-state index contributed by atoms with van der Waals surface area (Å²) in [4.78, 5) is 0. The molecule has 1 aromatic rings. The summed E-state index contributed by atoms with van der Waals surface area (Å²) in [7, 11) is 1.95. The molecule has 0 aromatic carbocycles. The molecule has 98 valence electrons. The standard InChI is InChI=1S/C13H21N5/c1-14-7-12-15-16-17-18(12)13-10-3-8-2-9(5-10)6-11(13)4-8/h8-11,13-14H,2-7H2,1H3. The Kier molecular flexibility index (Phi) is 2.43. The van der Waals surface area contributed by atoms with Crippen LogP contribution in [0.5, 0.6) is 0 Å². The van der Waals surface area contributed by atoms with E-state index in [0.29, 0.717) is 6.04 Å². The number of aromatic nitrogens is 4. The second-order valence-electron chi connectivity index (χ2n) is 6.49. The maximum Gasteiger partial charge on any atom is 0.165 e. The van der Waals surface area contributed by atoms with E-state index in [1.807, 2.05) is 7.05 Å². The van der Waals surface area contributed by atoms with E-state index in [9.17, 15) is 0 Å². The van der Waals surface area contributed by atoms with Crippen molar-refractivity contribution in [1.29, 1.82) is 0 Å². The Hall–Kier alpha value is -0.970. The van der Waals surface area contributed by atoms with Crippen LogP contribution in [0.25, 0.3) is 0 Å². The number of nitrogens with zero attached hydrogens (tertiary/aromatic N) is 4. The second-order valence-corrected chi connectivity index (χ2v) is 6.49. The average molecular weight is 247 g/mol. The first-order chi connectivity index (χ1) is 8.85. The highest BCUT2D eigenvalue weighted by Gasteiger charge is 2.49. The molecule has 1 heterocycles. The van der Waals surface area contributed by atoms with E-state index < -0.39 is 0 Å². The number of tetrazole rings is 1. The van der Waals surface area contributed by atoms with Crippen LogP contribution in [0.2, 0.25) is 0 Å². The van der Waals surface area contributed by atoms with E-state index in [1.165, 1.54) is 32.1 Å². The molecule has 5 heteroatoms. The molecule has 18 heavy (non-hydrogen) atoms. The van der Waals surface area contributed by atoms with E-state index in [4.69, 9.17) is 0 Å². The Bertz CT molecular complexity index is 412. The van der Waals surface area contributed by atoms with Crippen molar-refractivity contribution in [3.05, 3.63) is 5.82 Å². The van der Waals surface area contributed by atoms with Crippen LogP contribution in [-0.4, -0.2) is 27.3 Å². The molecule has 0 amide bonds. The highest BCUT2D eigenvalue weighted by atomic mass is 15.6. The molecule has 0 radical (unpaired) electrons. The van der Waals surface area contributed by atoms with Crippen LogP contribution in [0, 0.1) is 23.7 Å². The molecule has 1 N–H and O–H groups in total. The van der Waals surface area contributed by atoms with Crippen LogP contribution in [0.4, 0.5) is 0 Å². The van der Waals surface area contributed by atoms with E-state index >= 15 is 0 Å². The lowest BCUT2D eigenvalue weighted by Gasteiger charge is -2.54. The predicted octanol–water partition coefficient (Wildman–Crippen LogP) is 1.39. The summed E-state index contributed by atoms with van der Waals surface area (Å²) < 4.78 is 2.14. The molecular weight excluding hydrogens is 226 g/mol. The molecule has 5 rings (SSSR count). The Morgan fingerprint density at radius 1 is 1.11 bits per heavy atom. The van der Waals surface area contributed by atoms with Crippen LogP contribution in [-0.2, 0) is 6.54 Å². The van der Waals surface area contributed by atoms with Gasteiger partial charge in [-0.1, -0.05) is 0 Å². The lowest BCUT2D eigenvalue weighted by Crippen LogP contribution is -2.46. The first-order valence-electron chi connectivity index (χ1n) is 7.26. The lowest BCUT2D eigenvalue weighted by atomic mass is 9.54. The third-order valence-electron chi connectivity index (χ3n) is 5.36. The highest BCUT2D eigenvalue weighted by molar-refractivity contribution is 5.01. The molecule has 0 saturated heterocycles. The summed E-state index contributed by atoms with van der Waals surface area (Å²) in [6, 6.07) is 0.580. The summed E-state index contributed by atoms with van der Waals surface area (Å²) in [5.41, 5.74) is 0. The highest BCUT2D eigenvalue weighted by Crippen LogP contribution is 2.58. The van der Waals surface area contributed by atoms with Gasteiger partial charge in [-0.25, -0.2) is 4.68 Å². The van der Waals surface area contributed by atoms with Gasteiger partial charge in [0.25, 0.3) is 0 Å². The van der Waals surface area contributed by atoms with Crippen LogP contribution in [0.1, 0.15) is 44.0 Å². The Morgan fingerprint density at radius 2 is 1.78 bits per heavy atom. The maximum atomic E-state index is 4.30. The normalized spacial score (nSPS) is 41.5. The van der Waals surface area contributed by atoms with E-state index in [0.717, 1.165) is 36.0 Å². The van der Waals surface area contributed by atoms with E-state index in [1.54, 1.807) is 0 Å². The quantitative estimate of drug-likeness (QED) is 0.877. The fourth-order valence-corrected chi connectivity index (χ4v) is 5.01. The van der Waals surface area contributed by atoms with E-state index in [2.05, 4.69) is 25.5 Å². The minimum atomic E-state index is 0.580. The maximum absolute atomic E-state index is 4.30. The number of hydrogen-bond acceptors (Lipinski definition) is 4. The van der Waals surface area contributed by atoms with Crippen molar-refractivity contribution in [2.45, 2.75) is 44.7 Å². The zero-order chi connectivity index (χ0) is 12.1. The van der Waals surface area contributed by atoms with Gasteiger partial charge in [-0.2, -0.15) is 0 Å².